The number of nitrogens with one attached hydrogen (secondary N) is 3. The van der Waals surface area contributed by atoms with Gasteiger partial charge in [0.05, 0.1) is 32.3 Å². The van der Waals surface area contributed by atoms with E-state index < -0.39 is 54.0 Å². The highest BCUT2D eigenvalue weighted by atomic mass is 16.5. The Hall–Kier alpha value is -4.66. The summed E-state index contributed by atoms with van der Waals surface area (Å²) in [4.78, 5) is 120. The molecule has 3 amide bonds. The molecule has 20 nitrogen and oxygen atoms in total. The normalized spacial score (nSPS) is 12.8. The molecule has 0 rings (SSSR count). The molecule has 0 aliphatic carbocycles. The molecule has 0 aliphatic heterocycles. The highest BCUT2D eigenvalue weighted by molar-refractivity contribution is 5.87. The van der Waals surface area contributed by atoms with Crippen molar-refractivity contribution in [2.45, 2.75) is 219 Å². The van der Waals surface area contributed by atoms with Crippen LogP contribution in [0.2, 0.25) is 0 Å². The molecule has 0 fully saturated rings. The van der Waals surface area contributed by atoms with Crippen molar-refractivity contribution >= 4 is 58.8 Å². The van der Waals surface area contributed by atoms with E-state index in [2.05, 4.69) is 22.9 Å². The van der Waals surface area contributed by atoms with Gasteiger partial charge in [0.15, 0.2) is 11.6 Å². The molecule has 0 saturated carbocycles. The first kappa shape index (κ1) is 70.3. The van der Waals surface area contributed by atoms with Gasteiger partial charge in [-0.3, -0.25) is 38.4 Å². The Morgan fingerprint density at radius 3 is 1.39 bits per heavy atom. The average Bonchev–Trinajstić information content (AvgIpc) is 3.36. The van der Waals surface area contributed by atoms with Crippen LogP contribution >= 0.6 is 0 Å². The molecule has 0 aromatic rings. The van der Waals surface area contributed by atoms with Crippen LogP contribution in [0.4, 0.5) is 0 Å². The fraction of sp³-hybridized carbons (Fsp3) is 0.818. The second-order valence-electron chi connectivity index (χ2n) is 19.6. The number of aliphatic carboxylic acids is 3. The number of unbranched alkanes of at least 4 members (excludes halogenated alkanes) is 14. The van der Waals surface area contributed by atoms with Crippen LogP contribution < -0.4 is 16.0 Å². The number of carbonyl (C=O) groups excluding carboxylic acids is 7. The fourth-order valence-corrected chi connectivity index (χ4v) is 7.91. The van der Waals surface area contributed by atoms with E-state index >= 15 is 0 Å². The summed E-state index contributed by atoms with van der Waals surface area (Å²) in [5.74, 6) is -7.15. The predicted molar refractivity (Wildman–Crippen MR) is 283 cm³/mol. The van der Waals surface area contributed by atoms with Gasteiger partial charge in [-0.2, -0.15) is 0 Å². The van der Waals surface area contributed by atoms with Crippen LogP contribution in [0, 0.1) is 11.8 Å². The van der Waals surface area contributed by atoms with Crippen molar-refractivity contribution in [1.82, 2.24) is 16.0 Å². The van der Waals surface area contributed by atoms with E-state index in [0.717, 1.165) is 25.7 Å². The summed E-state index contributed by atoms with van der Waals surface area (Å²) in [6, 6.07) is -2.47. The molecule has 0 radical (unpaired) electrons. The summed E-state index contributed by atoms with van der Waals surface area (Å²) in [7, 11) is 0. The van der Waals surface area contributed by atoms with E-state index in [9.17, 15) is 63.3 Å². The van der Waals surface area contributed by atoms with Crippen molar-refractivity contribution in [1.29, 1.82) is 0 Å². The Balaban J connectivity index is 0. The van der Waals surface area contributed by atoms with Crippen LogP contribution in [0.3, 0.4) is 0 Å². The number of ketones is 4. The number of carboxylic acid groups (broad SMARTS) is 3. The van der Waals surface area contributed by atoms with Gasteiger partial charge in [0.2, 0.25) is 17.7 Å². The summed E-state index contributed by atoms with van der Waals surface area (Å²) in [6.07, 6.45) is 19.3. The van der Waals surface area contributed by atoms with E-state index in [4.69, 9.17) is 18.9 Å². The number of rotatable bonds is 55. The summed E-state index contributed by atoms with van der Waals surface area (Å²) in [5, 5.41) is 36.2. The maximum Gasteiger partial charge on any atom is 0.326 e. The lowest BCUT2D eigenvalue weighted by molar-refractivity contribution is -0.145. The predicted octanol–water partition coefficient (Wildman–Crippen LogP) is 7.52. The number of hydrogen-bond donors (Lipinski definition) is 6. The van der Waals surface area contributed by atoms with E-state index in [-0.39, 0.29) is 147 Å². The van der Waals surface area contributed by atoms with Crippen molar-refractivity contribution in [2.24, 2.45) is 11.8 Å². The third-order valence-corrected chi connectivity index (χ3v) is 12.8. The lowest BCUT2D eigenvalue weighted by Crippen LogP contribution is -2.42. The minimum atomic E-state index is -1.37. The number of Topliss-reactive ketones (excluding diaryl/α,β-unsaturated/α-hetero) is 4. The Morgan fingerprint density at radius 1 is 0.427 bits per heavy atom. The topological polar surface area (TPSA) is 304 Å². The van der Waals surface area contributed by atoms with Gasteiger partial charge >= 0.3 is 17.9 Å². The molecule has 0 saturated heterocycles. The fourth-order valence-electron chi connectivity index (χ4n) is 7.91. The Bertz CT molecular complexity index is 1650. The Morgan fingerprint density at radius 2 is 0.880 bits per heavy atom. The molecule has 0 bridgehead atoms. The molecular formula is C55H97N3O17. The maximum atomic E-state index is 12.5. The van der Waals surface area contributed by atoms with Crippen molar-refractivity contribution in [3.8, 4) is 0 Å². The highest BCUT2D eigenvalue weighted by Crippen LogP contribution is 2.16. The van der Waals surface area contributed by atoms with Gasteiger partial charge in [-0.05, 0) is 58.3 Å². The third-order valence-electron chi connectivity index (χ3n) is 12.8. The summed E-state index contributed by atoms with van der Waals surface area (Å²) in [6.45, 7) is 6.58. The zero-order valence-corrected chi connectivity index (χ0v) is 45.7. The molecule has 434 valence electrons. The summed E-state index contributed by atoms with van der Waals surface area (Å²) < 4.78 is 21.6. The van der Waals surface area contributed by atoms with Gasteiger partial charge in [-0.1, -0.05) is 104 Å². The molecule has 4 atom stereocenters. The highest BCUT2D eigenvalue weighted by Gasteiger charge is 2.26. The van der Waals surface area contributed by atoms with Gasteiger partial charge in [0, 0.05) is 72.0 Å². The van der Waals surface area contributed by atoms with Gasteiger partial charge in [0.1, 0.15) is 36.9 Å². The minimum absolute atomic E-state index is 0. The molecule has 0 aliphatic rings. The van der Waals surface area contributed by atoms with E-state index in [0.29, 0.717) is 38.6 Å². The van der Waals surface area contributed by atoms with Gasteiger partial charge < -0.3 is 50.2 Å². The molecule has 75 heavy (non-hydrogen) atoms. The molecular weight excluding hydrogens is 975 g/mol. The molecule has 0 unspecified atom stereocenters. The van der Waals surface area contributed by atoms with E-state index in [1.54, 1.807) is 0 Å². The minimum Gasteiger partial charge on any atom is -0.481 e. The SMILES string of the molecule is CCCCCCCCCCCCCCCCC(=O)N[C@@H](CCC(=O)CCCOCCOCC(=O)CCCOCCOCC(=O)C[C@@H](CCC(=O)N[C@@H](CCC(=O)NCCCC[C@H](C)C(C)=O)C(=O)O)C(=O)O)C(=O)O.[HH]. The van der Waals surface area contributed by atoms with Crippen LogP contribution in [0.25, 0.3) is 0 Å². The van der Waals surface area contributed by atoms with Crippen molar-refractivity contribution in [3.05, 3.63) is 0 Å². The maximum absolute atomic E-state index is 12.5. The van der Waals surface area contributed by atoms with Crippen LogP contribution in [0.5, 0.6) is 0 Å². The van der Waals surface area contributed by atoms with Crippen molar-refractivity contribution in [3.63, 3.8) is 0 Å². The lowest BCUT2D eigenvalue weighted by atomic mass is 9.97. The smallest absolute Gasteiger partial charge is 0.326 e. The lowest BCUT2D eigenvalue weighted by Gasteiger charge is -2.16. The summed E-state index contributed by atoms with van der Waals surface area (Å²) in [5.41, 5.74) is 0. The first-order valence-electron chi connectivity index (χ1n) is 27.9. The van der Waals surface area contributed by atoms with Crippen molar-refractivity contribution in [2.75, 3.05) is 59.4 Å². The molecule has 0 spiro atoms. The number of hydrogen-bond acceptors (Lipinski definition) is 14. The van der Waals surface area contributed by atoms with Crippen LogP contribution in [0.15, 0.2) is 0 Å². The molecule has 0 aromatic heterocycles. The van der Waals surface area contributed by atoms with Gasteiger partial charge in [0.25, 0.3) is 0 Å². The van der Waals surface area contributed by atoms with Crippen LogP contribution in [0.1, 0.15) is 208 Å². The molecule has 0 aromatic carbocycles. The number of carboxylic acids is 3. The largest absolute Gasteiger partial charge is 0.481 e. The Kier molecular flexibility index (Phi) is 44.8. The third kappa shape index (κ3) is 44.2. The summed E-state index contributed by atoms with van der Waals surface area (Å²) >= 11 is 0. The van der Waals surface area contributed by atoms with Crippen LogP contribution in [-0.2, 0) is 66.9 Å². The monoisotopic (exact) mass is 1070 g/mol. The second-order valence-corrected chi connectivity index (χ2v) is 19.6. The van der Waals surface area contributed by atoms with Gasteiger partial charge in [-0.25, -0.2) is 9.59 Å². The first-order valence-corrected chi connectivity index (χ1v) is 27.9. The number of carbonyl (C=O) groups is 10. The first-order chi connectivity index (χ1) is 36.0. The zero-order chi connectivity index (χ0) is 55.9. The van der Waals surface area contributed by atoms with Crippen molar-refractivity contribution < 1.29 is 83.6 Å². The average molecular weight is 1070 g/mol. The molecule has 6 N–H and O–H groups in total. The van der Waals surface area contributed by atoms with E-state index in [1.807, 2.05) is 6.92 Å². The molecule has 0 heterocycles. The van der Waals surface area contributed by atoms with E-state index in [1.165, 1.54) is 71.1 Å². The van der Waals surface area contributed by atoms with Gasteiger partial charge in [-0.15, -0.1) is 0 Å². The zero-order valence-electron chi connectivity index (χ0n) is 45.7. The molecule has 20 heteroatoms. The standard InChI is InChI=1S/C55H95N3O17.H2/c1-4-5-6-7-8-9-10-11-12-13-14-15-16-17-25-51(64)57-48(54(68)69)28-27-45(60)23-20-33-72-35-37-74-40-46(61)24-21-34-73-36-38-75-41-47(62)39-44(53(66)67)26-30-52(65)58-49(55(70)71)29-31-50(63)56-32-19-18-22-42(2)43(3)59;/h42,44,48-49H,4-41H2,1-3H3,(H,56,63)(H,57,64)(H,58,65)(H,66,67)(H,68,69)(H,70,71);1H/t42-,44+,48-,49-;/m0./s1. The van der Waals surface area contributed by atoms with Crippen LogP contribution in [-0.4, -0.2) is 146 Å². The second kappa shape index (κ2) is 47.8. The quantitative estimate of drug-likeness (QED) is 0.0321. The Labute approximate surface area is 447 Å². The number of ether oxygens (including phenoxy) is 4. The number of amides is 3.